The number of hydrogen-bond acceptors (Lipinski definition) is 4. The molecule has 0 fully saturated rings. The second-order valence-corrected chi connectivity index (χ2v) is 8.37. The van der Waals surface area contributed by atoms with E-state index in [4.69, 9.17) is 0 Å². The van der Waals surface area contributed by atoms with E-state index in [1.165, 1.54) is 10.9 Å². The lowest BCUT2D eigenvalue weighted by molar-refractivity contribution is -0.116. The third kappa shape index (κ3) is 4.27. The first kappa shape index (κ1) is 19.3. The summed E-state index contributed by atoms with van der Waals surface area (Å²) in [5.74, 6) is 0.472. The molecule has 0 saturated carbocycles. The quantitative estimate of drug-likeness (QED) is 0.685. The van der Waals surface area contributed by atoms with Crippen LogP contribution in [0.15, 0.2) is 39.9 Å². The average Bonchev–Trinajstić information content (AvgIpc) is 2.95. The van der Waals surface area contributed by atoms with Crippen molar-refractivity contribution in [1.82, 2.24) is 19.3 Å². The molecule has 0 radical (unpaired) electrons. The van der Waals surface area contributed by atoms with Gasteiger partial charge in [0.15, 0.2) is 0 Å². The summed E-state index contributed by atoms with van der Waals surface area (Å²) in [6.07, 6.45) is 1.64. The molecular formula is C19H22BrN5O2. The molecule has 1 N–H and O–H groups in total. The summed E-state index contributed by atoms with van der Waals surface area (Å²) in [6.45, 7) is 8.20. The lowest BCUT2D eigenvalue weighted by Gasteiger charge is -2.22. The van der Waals surface area contributed by atoms with Crippen LogP contribution in [0.3, 0.4) is 0 Å². The number of hydrogen-bond donors (Lipinski definition) is 1. The maximum absolute atomic E-state index is 12.6. The van der Waals surface area contributed by atoms with Crippen LogP contribution < -0.4 is 10.9 Å². The molecule has 8 heteroatoms. The highest BCUT2D eigenvalue weighted by Crippen LogP contribution is 2.21. The molecule has 3 aromatic rings. The minimum atomic E-state index is -0.247. The number of aromatic nitrogens is 4. The molecule has 7 nitrogen and oxygen atoms in total. The summed E-state index contributed by atoms with van der Waals surface area (Å²) in [4.78, 5) is 29.3. The summed E-state index contributed by atoms with van der Waals surface area (Å²) in [6, 6.07) is 7.21. The maximum Gasteiger partial charge on any atom is 0.261 e. The van der Waals surface area contributed by atoms with Crippen LogP contribution in [-0.4, -0.2) is 25.2 Å². The first-order valence-electron chi connectivity index (χ1n) is 8.67. The molecule has 0 aliphatic heterocycles. The third-order valence-corrected chi connectivity index (χ3v) is 4.59. The Balaban J connectivity index is 1.74. The van der Waals surface area contributed by atoms with E-state index in [0.717, 1.165) is 10.2 Å². The largest absolute Gasteiger partial charge is 0.311 e. The third-order valence-electron chi connectivity index (χ3n) is 4.10. The van der Waals surface area contributed by atoms with Gasteiger partial charge in [-0.1, -0.05) is 15.9 Å². The standard InChI is InChI=1S/C19H22BrN5O2/c1-12-9-16(25(23-12)19(2,3)4)22-17(26)7-8-24-11-21-15-6-5-13(20)10-14(15)18(24)27/h5-6,9-11H,7-8H2,1-4H3,(H,22,26). The van der Waals surface area contributed by atoms with Crippen LogP contribution in [0.2, 0.25) is 0 Å². The second-order valence-electron chi connectivity index (χ2n) is 7.46. The van der Waals surface area contributed by atoms with Crippen LogP contribution in [0.5, 0.6) is 0 Å². The van der Waals surface area contributed by atoms with Crippen LogP contribution in [0.25, 0.3) is 10.9 Å². The first-order valence-corrected chi connectivity index (χ1v) is 9.46. The Kier molecular flexibility index (Phi) is 5.19. The molecule has 3 rings (SSSR count). The summed E-state index contributed by atoms with van der Waals surface area (Å²) < 4.78 is 4.07. The van der Waals surface area contributed by atoms with E-state index in [1.807, 2.05) is 39.8 Å². The van der Waals surface area contributed by atoms with E-state index < -0.39 is 0 Å². The molecule has 0 aliphatic carbocycles. The van der Waals surface area contributed by atoms with Gasteiger partial charge in [0, 0.05) is 23.5 Å². The molecule has 0 unspecified atom stereocenters. The SMILES string of the molecule is Cc1cc(NC(=O)CCn2cnc3ccc(Br)cc3c2=O)n(C(C)(C)C)n1. The Morgan fingerprint density at radius 2 is 2.00 bits per heavy atom. The number of fused-ring (bicyclic) bond motifs is 1. The van der Waals surface area contributed by atoms with Gasteiger partial charge in [-0.2, -0.15) is 5.10 Å². The molecule has 0 bridgehead atoms. The van der Waals surface area contributed by atoms with E-state index in [0.29, 0.717) is 16.7 Å². The predicted octanol–water partition coefficient (Wildman–Crippen LogP) is 3.45. The Morgan fingerprint density at radius 1 is 1.26 bits per heavy atom. The molecule has 1 aromatic carbocycles. The normalized spacial score (nSPS) is 11.7. The van der Waals surface area contributed by atoms with Crippen LogP contribution in [-0.2, 0) is 16.9 Å². The molecule has 0 spiro atoms. The Hall–Kier alpha value is -2.48. The summed E-state index contributed by atoms with van der Waals surface area (Å²) >= 11 is 3.37. The van der Waals surface area contributed by atoms with Gasteiger partial charge < -0.3 is 5.32 Å². The zero-order chi connectivity index (χ0) is 19.8. The highest BCUT2D eigenvalue weighted by atomic mass is 79.9. The first-order chi connectivity index (χ1) is 12.6. The molecule has 0 atom stereocenters. The average molecular weight is 432 g/mol. The molecule has 142 valence electrons. The summed E-state index contributed by atoms with van der Waals surface area (Å²) in [5.41, 5.74) is 1.06. The van der Waals surface area contributed by atoms with E-state index in [9.17, 15) is 9.59 Å². The van der Waals surface area contributed by atoms with Gasteiger partial charge in [-0.3, -0.25) is 14.2 Å². The van der Waals surface area contributed by atoms with Crippen molar-refractivity contribution in [3.8, 4) is 0 Å². The van der Waals surface area contributed by atoms with E-state index >= 15 is 0 Å². The van der Waals surface area contributed by atoms with Crippen LogP contribution in [0.4, 0.5) is 5.82 Å². The van der Waals surface area contributed by atoms with Gasteiger partial charge in [-0.25, -0.2) is 9.67 Å². The van der Waals surface area contributed by atoms with Gasteiger partial charge in [0.1, 0.15) is 5.82 Å². The molecule has 2 heterocycles. The molecule has 0 saturated heterocycles. The fourth-order valence-electron chi connectivity index (χ4n) is 2.82. The van der Waals surface area contributed by atoms with Gasteiger partial charge >= 0.3 is 0 Å². The van der Waals surface area contributed by atoms with Gasteiger partial charge in [-0.15, -0.1) is 0 Å². The number of aryl methyl sites for hydroxylation is 2. The molecule has 2 aromatic heterocycles. The summed E-state index contributed by atoms with van der Waals surface area (Å²) in [5, 5.41) is 7.86. The topological polar surface area (TPSA) is 81.8 Å². The molecule has 0 aliphatic rings. The summed E-state index contributed by atoms with van der Waals surface area (Å²) in [7, 11) is 0. The molecule has 27 heavy (non-hydrogen) atoms. The maximum atomic E-state index is 12.6. The minimum Gasteiger partial charge on any atom is -0.311 e. The van der Waals surface area contributed by atoms with Crippen molar-refractivity contribution in [3.05, 3.63) is 51.1 Å². The van der Waals surface area contributed by atoms with Gasteiger partial charge in [0.2, 0.25) is 5.91 Å². The Morgan fingerprint density at radius 3 is 2.70 bits per heavy atom. The van der Waals surface area contributed by atoms with Crippen LogP contribution >= 0.6 is 15.9 Å². The van der Waals surface area contributed by atoms with Crippen molar-refractivity contribution in [2.24, 2.45) is 0 Å². The number of nitrogens with zero attached hydrogens (tertiary/aromatic N) is 4. The number of anilines is 1. The number of carbonyl (C=O) groups excluding carboxylic acids is 1. The second kappa shape index (κ2) is 7.26. The van der Waals surface area contributed by atoms with Crippen molar-refractivity contribution < 1.29 is 4.79 Å². The van der Waals surface area contributed by atoms with Crippen LogP contribution in [0.1, 0.15) is 32.9 Å². The number of amides is 1. The highest BCUT2D eigenvalue weighted by molar-refractivity contribution is 9.10. The van der Waals surface area contributed by atoms with Gasteiger partial charge in [-0.05, 0) is 45.9 Å². The van der Waals surface area contributed by atoms with Crippen molar-refractivity contribution >= 4 is 38.6 Å². The smallest absolute Gasteiger partial charge is 0.261 e. The molecule has 1 amide bonds. The van der Waals surface area contributed by atoms with Crippen molar-refractivity contribution in [2.75, 3.05) is 5.32 Å². The Labute approximate surface area is 165 Å². The zero-order valence-corrected chi connectivity index (χ0v) is 17.4. The van der Waals surface area contributed by atoms with Gasteiger partial charge in [0.05, 0.1) is 28.5 Å². The fourth-order valence-corrected chi connectivity index (χ4v) is 3.18. The number of rotatable bonds is 4. The van der Waals surface area contributed by atoms with E-state index in [1.54, 1.807) is 16.8 Å². The van der Waals surface area contributed by atoms with Crippen molar-refractivity contribution in [3.63, 3.8) is 0 Å². The highest BCUT2D eigenvalue weighted by Gasteiger charge is 2.20. The fraction of sp³-hybridized carbons (Fsp3) is 0.368. The lowest BCUT2D eigenvalue weighted by Crippen LogP contribution is -2.28. The van der Waals surface area contributed by atoms with E-state index in [2.05, 4.69) is 31.3 Å². The van der Waals surface area contributed by atoms with Crippen molar-refractivity contribution in [1.29, 1.82) is 0 Å². The number of halogens is 1. The van der Waals surface area contributed by atoms with Gasteiger partial charge in [0.25, 0.3) is 5.56 Å². The monoisotopic (exact) mass is 431 g/mol. The Bertz CT molecular complexity index is 1060. The van der Waals surface area contributed by atoms with E-state index in [-0.39, 0.29) is 30.0 Å². The number of benzene rings is 1. The van der Waals surface area contributed by atoms with Crippen LogP contribution in [0, 0.1) is 6.92 Å². The number of carbonyl (C=O) groups is 1. The van der Waals surface area contributed by atoms with Crippen molar-refractivity contribution in [2.45, 2.75) is 46.2 Å². The zero-order valence-electron chi connectivity index (χ0n) is 15.8. The number of nitrogens with one attached hydrogen (secondary N) is 1. The molecular weight excluding hydrogens is 410 g/mol. The minimum absolute atomic E-state index is 0.162. The predicted molar refractivity (Wildman–Crippen MR) is 109 cm³/mol. The lowest BCUT2D eigenvalue weighted by atomic mass is 10.1.